The van der Waals surface area contributed by atoms with Crippen molar-refractivity contribution in [1.82, 2.24) is 9.55 Å². The molecule has 7 heteroatoms. The zero-order valence-electron chi connectivity index (χ0n) is 14.2. The molecule has 0 radical (unpaired) electrons. The number of aryl methyl sites for hydroxylation is 1. The average molecular weight is 360 g/mol. The highest BCUT2D eigenvalue weighted by Gasteiger charge is 2.15. The van der Waals surface area contributed by atoms with Crippen LogP contribution in [-0.4, -0.2) is 29.7 Å². The van der Waals surface area contributed by atoms with E-state index in [9.17, 15) is 4.79 Å². The lowest BCUT2D eigenvalue weighted by molar-refractivity contribution is -0.116. The molecule has 0 aliphatic heterocycles. The number of nitrogens with one attached hydrogen (secondary N) is 1. The fourth-order valence-electron chi connectivity index (χ4n) is 2.69. The molecule has 1 amide bonds. The van der Waals surface area contributed by atoms with Gasteiger partial charge in [0.15, 0.2) is 0 Å². The van der Waals surface area contributed by atoms with Gasteiger partial charge in [-0.2, -0.15) is 0 Å². The maximum Gasteiger partial charge on any atom is 0.244 e. The van der Waals surface area contributed by atoms with Gasteiger partial charge in [-0.3, -0.25) is 4.79 Å². The molecular formula is C18H18ClN3O3. The molecule has 0 spiro atoms. The molecule has 0 saturated heterocycles. The van der Waals surface area contributed by atoms with Gasteiger partial charge in [-0.05, 0) is 25.1 Å². The summed E-state index contributed by atoms with van der Waals surface area (Å²) in [4.78, 5) is 17.0. The molecule has 3 rings (SSSR count). The van der Waals surface area contributed by atoms with Crippen LogP contribution in [0.5, 0.6) is 11.5 Å². The molecule has 0 aliphatic rings. The Labute approximate surface area is 150 Å². The van der Waals surface area contributed by atoms with E-state index in [2.05, 4.69) is 10.3 Å². The van der Waals surface area contributed by atoms with Crippen molar-refractivity contribution in [2.75, 3.05) is 19.5 Å². The van der Waals surface area contributed by atoms with E-state index in [-0.39, 0.29) is 12.5 Å². The number of benzene rings is 2. The monoisotopic (exact) mass is 359 g/mol. The molecule has 1 N–H and O–H groups in total. The van der Waals surface area contributed by atoms with Crippen LogP contribution in [0.4, 0.5) is 5.69 Å². The number of amides is 1. The van der Waals surface area contributed by atoms with Crippen LogP contribution in [0.15, 0.2) is 36.4 Å². The normalized spacial score (nSPS) is 10.7. The largest absolute Gasteiger partial charge is 0.495 e. The molecule has 1 heterocycles. The van der Waals surface area contributed by atoms with Gasteiger partial charge in [-0.1, -0.05) is 23.7 Å². The Morgan fingerprint density at radius 1 is 1.20 bits per heavy atom. The maximum absolute atomic E-state index is 12.5. The standard InChI is InChI=1S/C18H18ClN3O3/c1-11-20-13-6-4-5-7-15(13)22(11)10-18(23)21-14-8-12(19)16(24-2)9-17(14)25-3/h4-9H,10H2,1-3H3,(H,21,23). The lowest BCUT2D eigenvalue weighted by Gasteiger charge is -2.14. The fourth-order valence-corrected chi connectivity index (χ4v) is 2.93. The van der Waals surface area contributed by atoms with Crippen molar-refractivity contribution in [3.63, 3.8) is 0 Å². The van der Waals surface area contributed by atoms with Crippen molar-refractivity contribution >= 4 is 34.2 Å². The number of methoxy groups -OCH3 is 2. The van der Waals surface area contributed by atoms with Gasteiger partial charge in [0, 0.05) is 6.07 Å². The Hall–Kier alpha value is -2.73. The molecule has 0 bridgehead atoms. The average Bonchev–Trinajstić information content (AvgIpc) is 2.91. The first-order chi connectivity index (χ1) is 12.0. The zero-order chi connectivity index (χ0) is 18.0. The third kappa shape index (κ3) is 3.39. The second kappa shape index (κ2) is 7.03. The summed E-state index contributed by atoms with van der Waals surface area (Å²) >= 11 is 6.14. The minimum atomic E-state index is -0.203. The summed E-state index contributed by atoms with van der Waals surface area (Å²) in [6.45, 7) is 2.01. The van der Waals surface area contributed by atoms with Gasteiger partial charge < -0.3 is 19.4 Å². The van der Waals surface area contributed by atoms with Crippen LogP contribution in [0.1, 0.15) is 5.82 Å². The second-order valence-corrected chi connectivity index (χ2v) is 5.88. The summed E-state index contributed by atoms with van der Waals surface area (Å²) in [7, 11) is 3.04. The molecule has 0 atom stereocenters. The Morgan fingerprint density at radius 2 is 1.92 bits per heavy atom. The van der Waals surface area contributed by atoms with Crippen molar-refractivity contribution in [2.45, 2.75) is 13.5 Å². The fraction of sp³-hybridized carbons (Fsp3) is 0.222. The summed E-state index contributed by atoms with van der Waals surface area (Å²) < 4.78 is 12.3. The van der Waals surface area contributed by atoms with Gasteiger partial charge in [0.25, 0.3) is 0 Å². The van der Waals surface area contributed by atoms with Crippen LogP contribution >= 0.6 is 11.6 Å². The number of para-hydroxylation sites is 2. The van der Waals surface area contributed by atoms with Gasteiger partial charge in [-0.15, -0.1) is 0 Å². The van der Waals surface area contributed by atoms with Gasteiger partial charge in [0.1, 0.15) is 23.9 Å². The SMILES string of the molecule is COc1cc(OC)c(NC(=O)Cn2c(C)nc3ccccc32)cc1Cl. The quantitative estimate of drug-likeness (QED) is 0.755. The predicted octanol–water partition coefficient (Wildman–Crippen LogP) is 3.65. The van der Waals surface area contributed by atoms with E-state index >= 15 is 0 Å². The van der Waals surface area contributed by atoms with Crippen molar-refractivity contribution in [2.24, 2.45) is 0 Å². The molecule has 2 aromatic carbocycles. The second-order valence-electron chi connectivity index (χ2n) is 5.47. The highest BCUT2D eigenvalue weighted by atomic mass is 35.5. The number of carbonyl (C=O) groups is 1. The minimum absolute atomic E-state index is 0.138. The number of fused-ring (bicyclic) bond motifs is 1. The number of carbonyl (C=O) groups excluding carboxylic acids is 1. The van der Waals surface area contributed by atoms with Crippen LogP contribution in [-0.2, 0) is 11.3 Å². The molecular weight excluding hydrogens is 342 g/mol. The van der Waals surface area contributed by atoms with E-state index in [4.69, 9.17) is 21.1 Å². The lowest BCUT2D eigenvalue weighted by atomic mass is 10.2. The van der Waals surface area contributed by atoms with Gasteiger partial charge in [-0.25, -0.2) is 4.98 Å². The predicted molar refractivity (Wildman–Crippen MR) is 97.7 cm³/mol. The highest BCUT2D eigenvalue weighted by Crippen LogP contribution is 2.35. The van der Waals surface area contributed by atoms with Crippen LogP contribution < -0.4 is 14.8 Å². The van der Waals surface area contributed by atoms with Crippen LogP contribution in [0, 0.1) is 6.92 Å². The first-order valence-electron chi connectivity index (χ1n) is 7.66. The van der Waals surface area contributed by atoms with Crippen LogP contribution in [0.2, 0.25) is 5.02 Å². The summed E-state index contributed by atoms with van der Waals surface area (Å²) in [5.41, 5.74) is 2.26. The number of imidazole rings is 1. The van der Waals surface area contributed by atoms with E-state index in [0.29, 0.717) is 22.2 Å². The van der Waals surface area contributed by atoms with Crippen molar-refractivity contribution in [3.8, 4) is 11.5 Å². The van der Waals surface area contributed by atoms with Gasteiger partial charge in [0.05, 0.1) is 36.0 Å². The first kappa shape index (κ1) is 17.1. The highest BCUT2D eigenvalue weighted by molar-refractivity contribution is 6.32. The molecule has 1 aromatic heterocycles. The Morgan fingerprint density at radius 3 is 2.64 bits per heavy atom. The minimum Gasteiger partial charge on any atom is -0.495 e. The van der Waals surface area contributed by atoms with E-state index in [1.807, 2.05) is 35.8 Å². The molecule has 130 valence electrons. The topological polar surface area (TPSA) is 65.4 Å². The zero-order valence-corrected chi connectivity index (χ0v) is 14.9. The Balaban J connectivity index is 1.85. The van der Waals surface area contributed by atoms with E-state index in [0.717, 1.165) is 16.9 Å². The number of hydrogen-bond donors (Lipinski definition) is 1. The molecule has 6 nitrogen and oxygen atoms in total. The third-order valence-corrected chi connectivity index (χ3v) is 4.19. The van der Waals surface area contributed by atoms with E-state index in [1.165, 1.54) is 14.2 Å². The number of nitrogens with zero attached hydrogens (tertiary/aromatic N) is 2. The van der Waals surface area contributed by atoms with Crippen molar-refractivity contribution < 1.29 is 14.3 Å². The number of aromatic nitrogens is 2. The summed E-state index contributed by atoms with van der Waals surface area (Å²) in [6.07, 6.45) is 0. The van der Waals surface area contributed by atoms with E-state index in [1.54, 1.807) is 12.1 Å². The van der Waals surface area contributed by atoms with Gasteiger partial charge >= 0.3 is 0 Å². The van der Waals surface area contributed by atoms with Crippen LogP contribution in [0.3, 0.4) is 0 Å². The molecule has 0 fully saturated rings. The van der Waals surface area contributed by atoms with Crippen molar-refractivity contribution in [1.29, 1.82) is 0 Å². The first-order valence-corrected chi connectivity index (χ1v) is 8.04. The number of halogens is 1. The number of ether oxygens (including phenoxy) is 2. The smallest absolute Gasteiger partial charge is 0.244 e. The lowest BCUT2D eigenvalue weighted by Crippen LogP contribution is -2.20. The molecule has 0 saturated carbocycles. The molecule has 25 heavy (non-hydrogen) atoms. The molecule has 0 aliphatic carbocycles. The number of rotatable bonds is 5. The summed E-state index contributed by atoms with van der Waals surface area (Å²) in [5.74, 6) is 1.52. The Bertz CT molecular complexity index is 937. The Kier molecular flexibility index (Phi) is 4.81. The van der Waals surface area contributed by atoms with Crippen molar-refractivity contribution in [3.05, 3.63) is 47.2 Å². The molecule has 3 aromatic rings. The third-order valence-electron chi connectivity index (χ3n) is 3.90. The van der Waals surface area contributed by atoms with Crippen LogP contribution in [0.25, 0.3) is 11.0 Å². The van der Waals surface area contributed by atoms with Gasteiger partial charge in [0.2, 0.25) is 5.91 Å². The number of anilines is 1. The summed E-state index contributed by atoms with van der Waals surface area (Å²) in [5, 5.41) is 3.22. The number of hydrogen-bond acceptors (Lipinski definition) is 4. The summed E-state index contributed by atoms with van der Waals surface area (Å²) in [6, 6.07) is 10.9. The molecule has 0 unspecified atom stereocenters. The maximum atomic E-state index is 12.5. The van der Waals surface area contributed by atoms with E-state index < -0.39 is 0 Å².